The lowest BCUT2D eigenvalue weighted by atomic mass is 9.89. The highest BCUT2D eigenvalue weighted by molar-refractivity contribution is 5.70. The molecule has 3 atom stereocenters. The highest BCUT2D eigenvalue weighted by Gasteiger charge is 2.51. The average molecular weight is 295 g/mol. The van der Waals surface area contributed by atoms with Crippen LogP contribution in [0, 0.1) is 5.92 Å². The molecule has 21 heavy (non-hydrogen) atoms. The van der Waals surface area contributed by atoms with Crippen LogP contribution in [0.3, 0.4) is 0 Å². The van der Waals surface area contributed by atoms with Crippen molar-refractivity contribution in [3.63, 3.8) is 0 Å². The summed E-state index contributed by atoms with van der Waals surface area (Å²) in [5, 5.41) is 11.9. The van der Waals surface area contributed by atoms with Crippen LogP contribution in [0.2, 0.25) is 0 Å². The highest BCUT2D eigenvalue weighted by Crippen LogP contribution is 2.42. The van der Waals surface area contributed by atoms with Crippen LogP contribution in [-0.4, -0.2) is 71.0 Å². The first-order chi connectivity index (χ1) is 10.1. The van der Waals surface area contributed by atoms with E-state index in [0.717, 1.165) is 38.8 Å². The van der Waals surface area contributed by atoms with Crippen molar-refractivity contribution in [2.24, 2.45) is 5.92 Å². The van der Waals surface area contributed by atoms with E-state index in [0.29, 0.717) is 25.0 Å². The normalized spacial score (nSPS) is 37.8. The van der Waals surface area contributed by atoms with Gasteiger partial charge in [-0.05, 0) is 18.8 Å². The van der Waals surface area contributed by atoms with Gasteiger partial charge >= 0.3 is 12.2 Å². The van der Waals surface area contributed by atoms with Gasteiger partial charge in [0.1, 0.15) is 5.60 Å². The van der Waals surface area contributed by atoms with Crippen molar-refractivity contribution in [3.05, 3.63) is 0 Å². The Labute approximate surface area is 123 Å². The zero-order valence-corrected chi connectivity index (χ0v) is 12.0. The third-order valence-electron chi connectivity index (χ3n) is 5.79. The number of rotatable bonds is 1. The van der Waals surface area contributed by atoms with E-state index in [-0.39, 0.29) is 17.7 Å². The molecule has 0 aromatic rings. The monoisotopic (exact) mass is 295 g/mol. The van der Waals surface area contributed by atoms with Gasteiger partial charge in [0.25, 0.3) is 0 Å². The van der Waals surface area contributed by atoms with E-state index < -0.39 is 6.09 Å². The first-order valence-corrected chi connectivity index (χ1v) is 7.77. The smallest absolute Gasteiger partial charge is 0.407 e. The molecule has 4 aliphatic rings. The summed E-state index contributed by atoms with van der Waals surface area (Å²) in [7, 11) is 0. The van der Waals surface area contributed by atoms with Crippen LogP contribution in [0.25, 0.3) is 0 Å². The van der Waals surface area contributed by atoms with Crippen LogP contribution in [0.15, 0.2) is 0 Å². The molecule has 3 heterocycles. The second-order valence-electron chi connectivity index (χ2n) is 6.85. The minimum absolute atomic E-state index is 0.208. The molecule has 1 saturated carbocycles. The number of fused-ring (bicyclic) bond motifs is 2. The molecule has 7 heteroatoms. The molecule has 0 radical (unpaired) electrons. The van der Waals surface area contributed by atoms with Crippen LogP contribution >= 0.6 is 0 Å². The van der Waals surface area contributed by atoms with Crippen molar-refractivity contribution in [2.75, 3.05) is 26.2 Å². The number of carboxylic acid groups (broad SMARTS) is 1. The van der Waals surface area contributed by atoms with Crippen molar-refractivity contribution < 1.29 is 19.4 Å². The number of amides is 2. The van der Waals surface area contributed by atoms with Crippen molar-refractivity contribution in [1.82, 2.24) is 15.1 Å². The topological polar surface area (TPSA) is 82.1 Å². The van der Waals surface area contributed by atoms with E-state index in [1.165, 1.54) is 0 Å². The summed E-state index contributed by atoms with van der Waals surface area (Å²) in [6.45, 7) is 3.19. The lowest BCUT2D eigenvalue weighted by Crippen LogP contribution is -2.53. The summed E-state index contributed by atoms with van der Waals surface area (Å²) >= 11 is 0. The molecule has 3 unspecified atom stereocenters. The molecular weight excluding hydrogens is 274 g/mol. The van der Waals surface area contributed by atoms with Gasteiger partial charge in [0.15, 0.2) is 0 Å². The minimum atomic E-state index is -0.775. The summed E-state index contributed by atoms with van der Waals surface area (Å²) in [5.41, 5.74) is -0.293. The van der Waals surface area contributed by atoms with Gasteiger partial charge in [0.2, 0.25) is 0 Å². The van der Waals surface area contributed by atoms with Crippen LogP contribution < -0.4 is 5.32 Å². The van der Waals surface area contributed by atoms with Crippen molar-refractivity contribution in [2.45, 2.75) is 43.4 Å². The molecule has 0 aromatic heterocycles. The van der Waals surface area contributed by atoms with Crippen LogP contribution in [0.5, 0.6) is 0 Å². The van der Waals surface area contributed by atoms with Crippen molar-refractivity contribution in [1.29, 1.82) is 0 Å². The maximum Gasteiger partial charge on any atom is 0.407 e. The number of piperidine rings is 2. The van der Waals surface area contributed by atoms with Gasteiger partial charge in [-0.3, -0.25) is 4.90 Å². The fraction of sp³-hybridized carbons (Fsp3) is 0.857. The summed E-state index contributed by atoms with van der Waals surface area (Å²) in [4.78, 5) is 26.5. The Hall–Kier alpha value is -1.50. The molecule has 2 N–H and O–H groups in total. The number of alkyl carbamates (subject to hydrolysis) is 1. The van der Waals surface area contributed by atoms with E-state index in [2.05, 4.69) is 10.2 Å². The Bertz CT molecular complexity index is 475. The first kappa shape index (κ1) is 13.2. The fourth-order valence-corrected chi connectivity index (χ4v) is 4.65. The Balaban J connectivity index is 1.36. The first-order valence-electron chi connectivity index (χ1n) is 7.77. The average Bonchev–Trinajstić information content (AvgIpc) is 3.14. The van der Waals surface area contributed by atoms with Gasteiger partial charge in [0, 0.05) is 44.6 Å². The maximum atomic E-state index is 11.3. The van der Waals surface area contributed by atoms with Crippen LogP contribution in [0.4, 0.5) is 9.59 Å². The molecule has 2 bridgehead atoms. The van der Waals surface area contributed by atoms with Gasteiger partial charge in [-0.15, -0.1) is 0 Å². The Morgan fingerprint density at radius 1 is 1.33 bits per heavy atom. The molecule has 4 rings (SSSR count). The van der Waals surface area contributed by atoms with Gasteiger partial charge in [0.05, 0.1) is 6.54 Å². The molecular formula is C14H21N3O4. The van der Waals surface area contributed by atoms with E-state index in [1.807, 2.05) is 0 Å². The van der Waals surface area contributed by atoms with Crippen LogP contribution in [0.1, 0.15) is 25.7 Å². The van der Waals surface area contributed by atoms with E-state index in [9.17, 15) is 9.59 Å². The predicted octanol–water partition coefficient (Wildman–Crippen LogP) is 0.702. The summed E-state index contributed by atoms with van der Waals surface area (Å²) in [6.07, 6.45) is 2.66. The highest BCUT2D eigenvalue weighted by atomic mass is 16.6. The largest absolute Gasteiger partial charge is 0.465 e. The van der Waals surface area contributed by atoms with Crippen molar-refractivity contribution >= 4 is 12.2 Å². The molecule has 4 fully saturated rings. The predicted molar refractivity (Wildman–Crippen MR) is 73.1 cm³/mol. The second-order valence-corrected chi connectivity index (χ2v) is 6.85. The number of nitrogens with one attached hydrogen (secondary N) is 1. The number of likely N-dealkylation sites (tertiary alicyclic amines) is 2. The third kappa shape index (κ3) is 2.06. The minimum Gasteiger partial charge on any atom is -0.465 e. The Morgan fingerprint density at radius 3 is 2.62 bits per heavy atom. The zero-order valence-electron chi connectivity index (χ0n) is 12.0. The fourth-order valence-electron chi connectivity index (χ4n) is 4.65. The van der Waals surface area contributed by atoms with Crippen molar-refractivity contribution in [3.8, 4) is 0 Å². The molecule has 3 saturated heterocycles. The molecule has 116 valence electrons. The number of hydrogen-bond donors (Lipinski definition) is 2. The van der Waals surface area contributed by atoms with E-state index in [1.54, 1.807) is 4.90 Å². The number of ether oxygens (including phenoxy) is 1. The number of hydrogen-bond acceptors (Lipinski definition) is 4. The molecule has 1 spiro atoms. The summed E-state index contributed by atoms with van der Waals surface area (Å²) in [6, 6.07) is 0.715. The molecule has 7 nitrogen and oxygen atoms in total. The standard InChI is InChI=1S/C14H21N3O4/c18-12-15-8-14(21-12)1-3-16(4-2-14)11-6-10-5-9(11)7-17(10)13(19)20/h9-11H,1-8H2,(H,15,18)(H,19,20). The Kier molecular flexibility index (Phi) is 2.82. The van der Waals surface area contributed by atoms with Gasteiger partial charge in [-0.25, -0.2) is 9.59 Å². The number of carbonyl (C=O) groups is 2. The SMILES string of the molecule is O=C1NCC2(CCN(C3CC4CC3CN4C(=O)O)CC2)O1. The van der Waals surface area contributed by atoms with Crippen LogP contribution in [-0.2, 0) is 4.74 Å². The second kappa shape index (κ2) is 4.50. The van der Waals surface area contributed by atoms with E-state index >= 15 is 0 Å². The Morgan fingerprint density at radius 2 is 2.10 bits per heavy atom. The molecule has 3 aliphatic heterocycles. The zero-order chi connectivity index (χ0) is 14.6. The third-order valence-corrected chi connectivity index (χ3v) is 5.79. The number of nitrogens with zero attached hydrogens (tertiary/aromatic N) is 2. The lowest BCUT2D eigenvalue weighted by molar-refractivity contribution is -0.0193. The quantitative estimate of drug-likeness (QED) is 0.744. The number of carbonyl (C=O) groups excluding carboxylic acids is 1. The molecule has 2 amide bonds. The maximum absolute atomic E-state index is 11.3. The van der Waals surface area contributed by atoms with Gasteiger partial charge in [-0.1, -0.05) is 0 Å². The van der Waals surface area contributed by atoms with E-state index in [4.69, 9.17) is 9.84 Å². The van der Waals surface area contributed by atoms with Gasteiger partial charge < -0.3 is 20.1 Å². The summed E-state index contributed by atoms with van der Waals surface area (Å²) in [5.74, 6) is 0.476. The summed E-state index contributed by atoms with van der Waals surface area (Å²) < 4.78 is 5.45. The molecule has 1 aliphatic carbocycles. The lowest BCUT2D eigenvalue weighted by Gasteiger charge is -2.43. The van der Waals surface area contributed by atoms with Gasteiger partial charge in [-0.2, -0.15) is 0 Å². The molecule has 0 aromatic carbocycles.